The quantitative estimate of drug-likeness (QED) is 0.588. The van der Waals surface area contributed by atoms with Gasteiger partial charge in [-0.25, -0.2) is 0 Å². The predicted molar refractivity (Wildman–Crippen MR) is 110 cm³/mol. The largest absolute Gasteiger partial charge is 0.493 e. The fraction of sp³-hybridized carbons (Fsp3) is 0.417. The Labute approximate surface area is 163 Å². The Morgan fingerprint density at radius 2 is 1.74 bits per heavy atom. The van der Waals surface area contributed by atoms with Crippen LogP contribution in [0.1, 0.15) is 56.7 Å². The molecule has 0 aromatic heterocycles. The molecule has 0 atom stereocenters. The van der Waals surface area contributed by atoms with Gasteiger partial charge in [-0.05, 0) is 78.5 Å². The summed E-state index contributed by atoms with van der Waals surface area (Å²) >= 11 is 0. The number of hydrogen-bond acceptors (Lipinski definition) is 3. The second-order valence-corrected chi connectivity index (χ2v) is 8.03. The second kappa shape index (κ2) is 8.74. The van der Waals surface area contributed by atoms with E-state index in [4.69, 9.17) is 4.74 Å². The molecule has 1 aromatic carbocycles. The molecule has 0 saturated heterocycles. The standard InChI is InChI=1S/C24H28N2O/c1-6-9-27-23-17(2)10-19(11-18(23)3)7-8-20-12-21(22(15-25)16-26)14-24(4,5)13-20/h7-8,10-12H,6,9,13-14H2,1-5H3/b8-7+. The summed E-state index contributed by atoms with van der Waals surface area (Å²) in [5, 5.41) is 18.4. The minimum absolute atomic E-state index is 0.0341. The highest BCUT2D eigenvalue weighted by atomic mass is 16.5. The number of aryl methyl sites for hydroxylation is 2. The maximum Gasteiger partial charge on any atom is 0.132 e. The normalized spacial score (nSPS) is 15.8. The lowest BCUT2D eigenvalue weighted by Crippen LogP contribution is -2.17. The third kappa shape index (κ3) is 5.35. The molecular formula is C24H28N2O. The zero-order chi connectivity index (χ0) is 20.0. The molecule has 3 nitrogen and oxygen atoms in total. The van der Waals surface area contributed by atoms with Gasteiger partial charge in [0.05, 0.1) is 6.61 Å². The molecule has 0 unspecified atom stereocenters. The smallest absolute Gasteiger partial charge is 0.132 e. The van der Waals surface area contributed by atoms with Crippen LogP contribution in [0, 0.1) is 41.9 Å². The first-order chi connectivity index (χ1) is 12.8. The number of allylic oxidation sites excluding steroid dienone is 5. The van der Waals surface area contributed by atoms with Crippen LogP contribution in [0.5, 0.6) is 5.75 Å². The van der Waals surface area contributed by atoms with Gasteiger partial charge in [-0.15, -0.1) is 0 Å². The van der Waals surface area contributed by atoms with Gasteiger partial charge in [0, 0.05) is 0 Å². The van der Waals surface area contributed by atoms with E-state index < -0.39 is 0 Å². The van der Waals surface area contributed by atoms with E-state index in [1.807, 2.05) is 18.2 Å². The van der Waals surface area contributed by atoms with E-state index in [1.54, 1.807) is 0 Å². The summed E-state index contributed by atoms with van der Waals surface area (Å²) in [6, 6.07) is 8.32. The van der Waals surface area contributed by atoms with Gasteiger partial charge < -0.3 is 4.74 Å². The summed E-state index contributed by atoms with van der Waals surface area (Å²) in [6.45, 7) is 11.3. The Bertz CT molecular complexity index is 847. The summed E-state index contributed by atoms with van der Waals surface area (Å²) in [4.78, 5) is 0. The average molecular weight is 361 g/mol. The van der Waals surface area contributed by atoms with Crippen molar-refractivity contribution >= 4 is 6.08 Å². The summed E-state index contributed by atoms with van der Waals surface area (Å²) in [6.07, 6.45) is 8.88. The molecular weight excluding hydrogens is 332 g/mol. The summed E-state index contributed by atoms with van der Waals surface area (Å²) in [5.74, 6) is 0.977. The van der Waals surface area contributed by atoms with E-state index in [1.165, 1.54) is 0 Å². The van der Waals surface area contributed by atoms with Gasteiger partial charge in [-0.3, -0.25) is 0 Å². The minimum atomic E-state index is 0.0341. The zero-order valence-corrected chi connectivity index (χ0v) is 17.0. The lowest BCUT2D eigenvalue weighted by Gasteiger charge is -2.30. The zero-order valence-electron chi connectivity index (χ0n) is 17.0. The average Bonchev–Trinajstić information content (AvgIpc) is 2.59. The van der Waals surface area contributed by atoms with Crippen molar-refractivity contribution < 1.29 is 4.74 Å². The van der Waals surface area contributed by atoms with Crippen molar-refractivity contribution in [2.45, 2.75) is 53.9 Å². The van der Waals surface area contributed by atoms with E-state index in [-0.39, 0.29) is 11.0 Å². The third-order valence-corrected chi connectivity index (χ3v) is 4.68. The van der Waals surface area contributed by atoms with Crippen LogP contribution in [0.3, 0.4) is 0 Å². The summed E-state index contributed by atoms with van der Waals surface area (Å²) in [7, 11) is 0. The Morgan fingerprint density at radius 3 is 2.30 bits per heavy atom. The van der Waals surface area contributed by atoms with Crippen molar-refractivity contribution in [3.63, 3.8) is 0 Å². The number of benzene rings is 1. The minimum Gasteiger partial charge on any atom is -0.493 e. The van der Waals surface area contributed by atoms with Crippen LogP contribution in [-0.4, -0.2) is 6.61 Å². The molecule has 1 aromatic rings. The summed E-state index contributed by atoms with van der Waals surface area (Å²) in [5.41, 5.74) is 5.64. The van der Waals surface area contributed by atoms with Crippen molar-refractivity contribution in [2.24, 2.45) is 5.41 Å². The van der Waals surface area contributed by atoms with Gasteiger partial charge in [-0.2, -0.15) is 10.5 Å². The van der Waals surface area contributed by atoms with E-state index in [0.29, 0.717) is 0 Å². The highest BCUT2D eigenvalue weighted by Gasteiger charge is 2.26. The maximum atomic E-state index is 9.20. The monoisotopic (exact) mass is 360 g/mol. The van der Waals surface area contributed by atoms with E-state index in [0.717, 1.165) is 59.5 Å². The van der Waals surface area contributed by atoms with Crippen LogP contribution in [0.15, 0.2) is 41.0 Å². The molecule has 0 fully saturated rings. The fourth-order valence-corrected chi connectivity index (χ4v) is 3.61. The fourth-order valence-electron chi connectivity index (χ4n) is 3.61. The van der Waals surface area contributed by atoms with Crippen LogP contribution < -0.4 is 4.74 Å². The molecule has 1 aliphatic carbocycles. The summed E-state index contributed by atoms with van der Waals surface area (Å²) < 4.78 is 5.86. The molecule has 0 N–H and O–H groups in total. The molecule has 0 amide bonds. The van der Waals surface area contributed by atoms with E-state index >= 15 is 0 Å². The number of ether oxygens (including phenoxy) is 1. The second-order valence-electron chi connectivity index (χ2n) is 8.03. The number of rotatable bonds is 5. The van der Waals surface area contributed by atoms with Gasteiger partial charge >= 0.3 is 0 Å². The highest BCUT2D eigenvalue weighted by Crippen LogP contribution is 2.39. The Kier molecular flexibility index (Phi) is 6.65. The molecule has 0 spiro atoms. The van der Waals surface area contributed by atoms with Crippen LogP contribution >= 0.6 is 0 Å². The van der Waals surface area contributed by atoms with Gasteiger partial charge in [-0.1, -0.05) is 39.0 Å². The molecule has 0 saturated carbocycles. The lowest BCUT2D eigenvalue weighted by atomic mass is 9.74. The molecule has 0 bridgehead atoms. The van der Waals surface area contributed by atoms with E-state index in [9.17, 15) is 10.5 Å². The molecule has 0 heterocycles. The maximum absolute atomic E-state index is 9.20. The first-order valence-corrected chi connectivity index (χ1v) is 9.45. The first kappa shape index (κ1) is 20.5. The Morgan fingerprint density at radius 1 is 1.11 bits per heavy atom. The molecule has 0 radical (unpaired) electrons. The van der Waals surface area contributed by atoms with Gasteiger partial charge in [0.25, 0.3) is 0 Å². The number of nitrogens with zero attached hydrogens (tertiary/aromatic N) is 2. The topological polar surface area (TPSA) is 56.8 Å². The number of nitriles is 2. The van der Waals surface area contributed by atoms with Crippen molar-refractivity contribution in [1.82, 2.24) is 0 Å². The molecule has 3 heteroatoms. The van der Waals surface area contributed by atoms with E-state index in [2.05, 4.69) is 58.9 Å². The van der Waals surface area contributed by atoms with Crippen LogP contribution in [0.25, 0.3) is 6.08 Å². The van der Waals surface area contributed by atoms with Gasteiger partial charge in [0.1, 0.15) is 23.5 Å². The SMILES string of the molecule is CCCOc1c(C)cc(/C=C/C2=CC(=C(C#N)C#N)CC(C)(C)C2)cc1C. The molecule has 0 aliphatic heterocycles. The highest BCUT2D eigenvalue weighted by molar-refractivity contribution is 5.59. The first-order valence-electron chi connectivity index (χ1n) is 9.45. The van der Waals surface area contributed by atoms with Crippen molar-refractivity contribution in [3.05, 3.63) is 57.7 Å². The molecule has 140 valence electrons. The van der Waals surface area contributed by atoms with Crippen LogP contribution in [0.4, 0.5) is 0 Å². The third-order valence-electron chi connectivity index (χ3n) is 4.68. The predicted octanol–water partition coefficient (Wildman–Crippen LogP) is 6.20. The molecule has 2 rings (SSSR count). The Hall–Kier alpha value is -2.78. The Balaban J connectivity index is 2.33. The van der Waals surface area contributed by atoms with Gasteiger partial charge in [0.2, 0.25) is 0 Å². The van der Waals surface area contributed by atoms with Gasteiger partial charge in [0.15, 0.2) is 0 Å². The van der Waals surface area contributed by atoms with Crippen LogP contribution in [-0.2, 0) is 0 Å². The van der Waals surface area contributed by atoms with Crippen LogP contribution in [0.2, 0.25) is 0 Å². The number of hydrogen-bond donors (Lipinski definition) is 0. The van der Waals surface area contributed by atoms with Crippen molar-refractivity contribution in [1.29, 1.82) is 10.5 Å². The molecule has 27 heavy (non-hydrogen) atoms. The van der Waals surface area contributed by atoms with Crippen molar-refractivity contribution in [3.8, 4) is 17.9 Å². The van der Waals surface area contributed by atoms with Crippen molar-refractivity contribution in [2.75, 3.05) is 6.61 Å². The lowest BCUT2D eigenvalue weighted by molar-refractivity contribution is 0.313. The molecule has 1 aliphatic rings.